The minimum absolute atomic E-state index is 0.0900. The van der Waals surface area contributed by atoms with Crippen LogP contribution in [0.2, 0.25) is 0 Å². The third kappa shape index (κ3) is 4.54. The predicted molar refractivity (Wildman–Crippen MR) is 125 cm³/mol. The molecule has 2 aromatic carbocycles. The van der Waals surface area contributed by atoms with Crippen molar-refractivity contribution in [2.24, 2.45) is 0 Å². The van der Waals surface area contributed by atoms with Gasteiger partial charge >= 0.3 is 0 Å². The van der Waals surface area contributed by atoms with Gasteiger partial charge in [-0.25, -0.2) is 9.97 Å². The lowest BCUT2D eigenvalue weighted by Crippen LogP contribution is -2.25. The quantitative estimate of drug-likeness (QED) is 0.429. The van der Waals surface area contributed by atoms with Gasteiger partial charge in [-0.2, -0.15) is 0 Å². The number of hydrogen-bond donors (Lipinski definition) is 2. The maximum absolute atomic E-state index is 12.5. The number of methoxy groups -OCH3 is 1. The Morgan fingerprint density at radius 2 is 1.97 bits per heavy atom. The zero-order valence-electron chi connectivity index (χ0n) is 18.2. The van der Waals surface area contributed by atoms with Crippen LogP contribution in [0.1, 0.15) is 17.1 Å². The van der Waals surface area contributed by atoms with Gasteiger partial charge in [0.2, 0.25) is 12.7 Å². The maximum Gasteiger partial charge on any atom is 0.231 e. The molecule has 0 fully saturated rings. The summed E-state index contributed by atoms with van der Waals surface area (Å²) in [6.45, 7) is 2.44. The largest absolute Gasteiger partial charge is 0.497 e. The Balaban J connectivity index is 1.36. The van der Waals surface area contributed by atoms with Crippen LogP contribution in [0.5, 0.6) is 17.2 Å². The van der Waals surface area contributed by atoms with Crippen molar-refractivity contribution in [3.8, 4) is 39.2 Å². The zero-order valence-corrected chi connectivity index (χ0v) is 19.0. The van der Waals surface area contributed by atoms with E-state index < -0.39 is 0 Å². The molecule has 8 nitrogen and oxygen atoms in total. The molecule has 33 heavy (non-hydrogen) atoms. The fraction of sp³-hybridized carbons (Fsp3) is 0.208. The number of thiazole rings is 1. The van der Waals surface area contributed by atoms with Gasteiger partial charge in [0, 0.05) is 16.6 Å². The first kappa shape index (κ1) is 21.0. The topological polar surface area (TPSA) is 98.4 Å². The molecule has 0 radical (unpaired) electrons. The molecular weight excluding hydrogens is 440 g/mol. The number of hydrogen-bond acceptors (Lipinski definition) is 7. The number of aromatic amines is 1. The molecule has 0 aliphatic carbocycles. The van der Waals surface area contributed by atoms with Crippen LogP contribution < -0.4 is 19.5 Å². The second-order valence-electron chi connectivity index (χ2n) is 7.57. The van der Waals surface area contributed by atoms with Gasteiger partial charge in [-0.1, -0.05) is 12.1 Å². The fourth-order valence-corrected chi connectivity index (χ4v) is 4.35. The van der Waals surface area contributed by atoms with Crippen LogP contribution in [0.4, 0.5) is 0 Å². The molecular formula is C24H22N4O4S. The molecule has 0 saturated carbocycles. The van der Waals surface area contributed by atoms with Crippen molar-refractivity contribution in [2.45, 2.75) is 19.9 Å². The highest BCUT2D eigenvalue weighted by molar-refractivity contribution is 7.13. The van der Waals surface area contributed by atoms with Crippen molar-refractivity contribution in [1.82, 2.24) is 20.3 Å². The maximum atomic E-state index is 12.5. The van der Waals surface area contributed by atoms with Crippen molar-refractivity contribution in [2.75, 3.05) is 13.9 Å². The van der Waals surface area contributed by atoms with Gasteiger partial charge in [0.25, 0.3) is 0 Å². The molecule has 0 saturated heterocycles. The Morgan fingerprint density at radius 1 is 1.15 bits per heavy atom. The minimum atomic E-state index is -0.0900. The number of aromatic nitrogens is 3. The third-order valence-electron chi connectivity index (χ3n) is 5.21. The number of ether oxygens (including phenoxy) is 3. The molecule has 0 bridgehead atoms. The van der Waals surface area contributed by atoms with Crippen molar-refractivity contribution in [1.29, 1.82) is 0 Å². The number of imidazole rings is 1. The molecule has 5 rings (SSSR count). The third-order valence-corrected chi connectivity index (χ3v) is 6.19. The van der Waals surface area contributed by atoms with E-state index >= 15 is 0 Å². The smallest absolute Gasteiger partial charge is 0.231 e. The van der Waals surface area contributed by atoms with Crippen molar-refractivity contribution < 1.29 is 19.0 Å². The summed E-state index contributed by atoms with van der Waals surface area (Å²) >= 11 is 1.54. The van der Waals surface area contributed by atoms with Crippen LogP contribution in [0.15, 0.2) is 47.8 Å². The van der Waals surface area contributed by atoms with Gasteiger partial charge in [-0.3, -0.25) is 4.79 Å². The van der Waals surface area contributed by atoms with E-state index in [-0.39, 0.29) is 25.7 Å². The number of rotatable bonds is 7. The number of aryl methyl sites for hydroxylation is 1. The highest BCUT2D eigenvalue weighted by Crippen LogP contribution is 2.38. The normalized spacial score (nSPS) is 12.1. The second-order valence-corrected chi connectivity index (χ2v) is 8.43. The molecule has 1 aliphatic rings. The van der Waals surface area contributed by atoms with Crippen LogP contribution in [-0.2, 0) is 17.8 Å². The average Bonchev–Trinajstić information content (AvgIpc) is 3.57. The lowest BCUT2D eigenvalue weighted by molar-refractivity contribution is -0.120. The zero-order chi connectivity index (χ0) is 22.8. The first-order chi connectivity index (χ1) is 16.1. The Morgan fingerprint density at radius 3 is 2.73 bits per heavy atom. The summed E-state index contributed by atoms with van der Waals surface area (Å²) in [5, 5.41) is 5.77. The van der Waals surface area contributed by atoms with Crippen molar-refractivity contribution in [3.63, 3.8) is 0 Å². The number of nitrogens with one attached hydrogen (secondary N) is 2. The van der Waals surface area contributed by atoms with Gasteiger partial charge in [0.05, 0.1) is 25.8 Å². The molecule has 0 atom stereocenters. The number of carbonyl (C=O) groups excluding carboxylic acids is 1. The lowest BCUT2D eigenvalue weighted by atomic mass is 10.1. The summed E-state index contributed by atoms with van der Waals surface area (Å²) < 4.78 is 16.1. The number of H-pyrrole nitrogens is 1. The summed E-state index contributed by atoms with van der Waals surface area (Å²) in [7, 11) is 1.62. The molecule has 2 aromatic heterocycles. The van der Waals surface area contributed by atoms with Crippen LogP contribution in [0.3, 0.4) is 0 Å². The van der Waals surface area contributed by atoms with Crippen LogP contribution in [-0.4, -0.2) is 34.8 Å². The number of benzene rings is 2. The highest BCUT2D eigenvalue weighted by atomic mass is 32.1. The first-order valence-corrected chi connectivity index (χ1v) is 11.3. The summed E-state index contributed by atoms with van der Waals surface area (Å²) in [6, 6.07) is 13.2. The molecule has 1 aliphatic heterocycles. The summed E-state index contributed by atoms with van der Waals surface area (Å²) in [4.78, 5) is 25.2. The lowest BCUT2D eigenvalue weighted by Gasteiger charge is -2.05. The van der Waals surface area contributed by atoms with Crippen molar-refractivity contribution >= 4 is 17.2 Å². The van der Waals surface area contributed by atoms with Gasteiger partial charge in [-0.05, 0) is 42.8 Å². The van der Waals surface area contributed by atoms with E-state index in [0.717, 1.165) is 39.0 Å². The molecule has 1 amide bonds. The highest BCUT2D eigenvalue weighted by Gasteiger charge is 2.20. The monoisotopic (exact) mass is 462 g/mol. The standard InChI is InChI=1S/C24H22N4O4S/c1-14-12-33-24(26-14)23-22(16-5-8-18-19(10-16)32-13-31-18)27-20(28-23)11-25-21(29)9-15-3-6-17(30-2)7-4-15/h3-8,10,12H,9,11,13H2,1-2H3,(H,25,29)(H,27,28). The first-order valence-electron chi connectivity index (χ1n) is 10.4. The van der Waals surface area contributed by atoms with Gasteiger partial charge in [0.1, 0.15) is 22.3 Å². The average molecular weight is 463 g/mol. The Kier molecular flexibility index (Phi) is 5.70. The number of nitrogens with zero attached hydrogens (tertiary/aromatic N) is 2. The molecule has 9 heteroatoms. The van der Waals surface area contributed by atoms with Crippen LogP contribution >= 0.6 is 11.3 Å². The Labute approximate surface area is 194 Å². The summed E-state index contributed by atoms with van der Waals surface area (Å²) in [5.41, 5.74) is 4.30. The molecule has 4 aromatic rings. The fourth-order valence-electron chi connectivity index (χ4n) is 3.56. The second kappa shape index (κ2) is 8.95. The predicted octanol–water partition coefficient (Wildman–Crippen LogP) is 4.10. The van der Waals surface area contributed by atoms with E-state index in [2.05, 4.69) is 15.3 Å². The van der Waals surface area contributed by atoms with Crippen molar-refractivity contribution in [3.05, 3.63) is 64.9 Å². The van der Waals surface area contributed by atoms with E-state index in [1.54, 1.807) is 18.4 Å². The van der Waals surface area contributed by atoms with Crippen LogP contribution in [0.25, 0.3) is 22.0 Å². The molecule has 0 unspecified atom stereocenters. The number of carbonyl (C=O) groups is 1. The molecule has 3 heterocycles. The SMILES string of the molecule is COc1ccc(CC(=O)NCc2nc(-c3ccc4c(c3)OCO4)c(-c3nc(C)cs3)[nH]2)cc1. The molecule has 0 spiro atoms. The van der Waals surface area contributed by atoms with E-state index in [9.17, 15) is 4.79 Å². The molecule has 168 valence electrons. The molecule has 2 N–H and O–H groups in total. The number of fused-ring (bicyclic) bond motifs is 1. The summed E-state index contributed by atoms with van der Waals surface area (Å²) in [6.07, 6.45) is 0.276. The Hall–Kier alpha value is -3.85. The van der Waals surface area contributed by atoms with Gasteiger partial charge < -0.3 is 24.5 Å². The van der Waals surface area contributed by atoms with Gasteiger partial charge in [-0.15, -0.1) is 11.3 Å². The number of amides is 1. The van der Waals surface area contributed by atoms with Gasteiger partial charge in [0.15, 0.2) is 11.5 Å². The van der Waals surface area contributed by atoms with E-state index in [0.29, 0.717) is 17.3 Å². The van der Waals surface area contributed by atoms with E-state index in [1.807, 2.05) is 54.8 Å². The van der Waals surface area contributed by atoms with Crippen LogP contribution in [0, 0.1) is 6.92 Å². The van der Waals surface area contributed by atoms with E-state index in [4.69, 9.17) is 19.2 Å². The summed E-state index contributed by atoms with van der Waals surface area (Å²) in [5.74, 6) is 2.72. The van der Waals surface area contributed by atoms with E-state index in [1.165, 1.54) is 0 Å². The minimum Gasteiger partial charge on any atom is -0.497 e. The Bertz CT molecular complexity index is 1300.